The first-order valence-corrected chi connectivity index (χ1v) is 11.9. The summed E-state index contributed by atoms with van der Waals surface area (Å²) in [5.74, 6) is -2.44. The van der Waals surface area contributed by atoms with Gasteiger partial charge in [-0.05, 0) is 48.6 Å². The van der Waals surface area contributed by atoms with E-state index >= 15 is 0 Å². The van der Waals surface area contributed by atoms with Crippen molar-refractivity contribution >= 4 is 30.0 Å². The number of nitrogens with zero attached hydrogens (tertiary/aromatic N) is 2. The smallest absolute Gasteiger partial charge is 0.338 e. The number of likely N-dealkylation sites (N-methyl/N-ethyl adjacent to an activating group) is 1. The minimum absolute atomic E-state index is 0.0325. The molecule has 0 saturated carbocycles. The van der Waals surface area contributed by atoms with Crippen LogP contribution in [0.4, 0.5) is 0 Å². The van der Waals surface area contributed by atoms with Gasteiger partial charge in [0.25, 0.3) is 5.91 Å². The number of carbonyl (C=O) groups excluding carboxylic acids is 5. The van der Waals surface area contributed by atoms with Crippen molar-refractivity contribution < 1.29 is 47.7 Å². The summed E-state index contributed by atoms with van der Waals surface area (Å²) in [7, 11) is 4.07. The van der Waals surface area contributed by atoms with E-state index in [1.807, 2.05) is 0 Å². The number of hydrogen-bond acceptors (Lipinski definition) is 10. The standard InChI is InChI=1S/C28H22N2O10/c1-29-25(32)18-11-17-14-38-9-8-21(24(17)30(18)27(34)26(29)33)40-28(35)16-5-7-20(37-3)23(12-16)39-22-10-15(13-31)4-6-19(22)36-2/h4-14,21,24H,1-3H3/t21-,24-/m0/s1. The molecule has 0 N–H and O–H groups in total. The van der Waals surface area contributed by atoms with Gasteiger partial charge in [-0.2, -0.15) is 0 Å². The van der Waals surface area contributed by atoms with Gasteiger partial charge in [-0.1, -0.05) is 0 Å². The molecule has 0 radical (unpaired) electrons. The monoisotopic (exact) mass is 546 g/mol. The van der Waals surface area contributed by atoms with Gasteiger partial charge in [0.05, 0.1) is 32.3 Å². The van der Waals surface area contributed by atoms with E-state index in [-0.39, 0.29) is 28.5 Å². The minimum atomic E-state index is -1.11. The Bertz CT molecular complexity index is 1540. The Morgan fingerprint density at radius 1 is 0.925 bits per heavy atom. The van der Waals surface area contributed by atoms with Crippen LogP contribution >= 0.6 is 0 Å². The van der Waals surface area contributed by atoms with Crippen LogP contribution in [0.25, 0.3) is 0 Å². The molecule has 1 saturated heterocycles. The Hall–Kier alpha value is -5.39. The van der Waals surface area contributed by atoms with Crippen molar-refractivity contribution in [3.05, 3.63) is 83.5 Å². The highest BCUT2D eigenvalue weighted by Gasteiger charge is 2.51. The van der Waals surface area contributed by atoms with Crippen molar-refractivity contribution in [1.82, 2.24) is 9.80 Å². The molecule has 5 rings (SSSR count). The Morgan fingerprint density at radius 3 is 2.33 bits per heavy atom. The Labute approximate surface area is 227 Å². The lowest BCUT2D eigenvalue weighted by Gasteiger charge is -2.35. The lowest BCUT2D eigenvalue weighted by molar-refractivity contribution is -0.160. The Balaban J connectivity index is 1.43. The summed E-state index contributed by atoms with van der Waals surface area (Å²) in [6.07, 6.45) is 4.95. The maximum atomic E-state index is 13.3. The molecule has 2 aromatic rings. The van der Waals surface area contributed by atoms with Crippen molar-refractivity contribution in [3.8, 4) is 23.0 Å². The second-order valence-electron chi connectivity index (χ2n) is 8.77. The third-order valence-electron chi connectivity index (χ3n) is 6.46. The summed E-state index contributed by atoms with van der Waals surface area (Å²) in [5, 5.41) is 0. The van der Waals surface area contributed by atoms with Gasteiger partial charge in [-0.15, -0.1) is 0 Å². The number of ether oxygens (including phenoxy) is 5. The summed E-state index contributed by atoms with van der Waals surface area (Å²) in [4.78, 5) is 64.2. The van der Waals surface area contributed by atoms with Crippen LogP contribution in [0.3, 0.4) is 0 Å². The average Bonchev–Trinajstić information content (AvgIpc) is 3.25. The molecule has 204 valence electrons. The highest BCUT2D eigenvalue weighted by Crippen LogP contribution is 2.39. The fraction of sp³-hybridized carbons (Fsp3) is 0.179. The number of benzene rings is 2. The molecule has 0 spiro atoms. The molecular weight excluding hydrogens is 524 g/mol. The van der Waals surface area contributed by atoms with Gasteiger partial charge < -0.3 is 23.7 Å². The van der Waals surface area contributed by atoms with Crippen molar-refractivity contribution in [2.45, 2.75) is 12.1 Å². The molecular formula is C28H22N2O10. The molecule has 0 aromatic heterocycles. The van der Waals surface area contributed by atoms with Crippen LogP contribution in [0.5, 0.6) is 23.0 Å². The van der Waals surface area contributed by atoms with Crippen molar-refractivity contribution in [2.24, 2.45) is 0 Å². The Morgan fingerprint density at radius 2 is 1.62 bits per heavy atom. The molecule has 12 nitrogen and oxygen atoms in total. The first kappa shape index (κ1) is 26.2. The normalized spacial score (nSPS) is 19.5. The molecule has 40 heavy (non-hydrogen) atoms. The molecule has 3 aliphatic rings. The van der Waals surface area contributed by atoms with Crippen LogP contribution in [-0.2, 0) is 23.9 Å². The molecule has 2 atom stereocenters. The number of esters is 1. The number of imide groups is 1. The van der Waals surface area contributed by atoms with Crippen molar-refractivity contribution in [1.29, 1.82) is 0 Å². The summed E-state index contributed by atoms with van der Waals surface area (Å²) in [6.45, 7) is 0. The lowest BCUT2D eigenvalue weighted by Crippen LogP contribution is -2.57. The number of methoxy groups -OCH3 is 2. The van der Waals surface area contributed by atoms with E-state index < -0.39 is 35.8 Å². The van der Waals surface area contributed by atoms with E-state index in [9.17, 15) is 24.0 Å². The zero-order valence-electron chi connectivity index (χ0n) is 21.5. The van der Waals surface area contributed by atoms with E-state index in [1.165, 1.54) is 70.2 Å². The van der Waals surface area contributed by atoms with Crippen LogP contribution in [-0.4, -0.2) is 73.2 Å². The third kappa shape index (κ3) is 4.45. The molecule has 3 aliphatic heterocycles. The first-order chi connectivity index (χ1) is 19.3. The maximum Gasteiger partial charge on any atom is 0.338 e. The lowest BCUT2D eigenvalue weighted by atomic mass is 10.0. The summed E-state index contributed by atoms with van der Waals surface area (Å²) in [5.41, 5.74) is 0.739. The summed E-state index contributed by atoms with van der Waals surface area (Å²) >= 11 is 0. The predicted molar refractivity (Wildman–Crippen MR) is 135 cm³/mol. The number of amides is 3. The van der Waals surface area contributed by atoms with Gasteiger partial charge in [0.1, 0.15) is 24.1 Å². The highest BCUT2D eigenvalue weighted by atomic mass is 16.6. The molecule has 0 unspecified atom stereocenters. The zero-order valence-corrected chi connectivity index (χ0v) is 21.5. The number of fused-ring (bicyclic) bond motifs is 3. The summed E-state index contributed by atoms with van der Waals surface area (Å²) < 4.78 is 27.7. The molecule has 3 amide bonds. The average molecular weight is 546 g/mol. The van der Waals surface area contributed by atoms with E-state index in [0.717, 1.165) is 9.80 Å². The number of carbonyl (C=O) groups is 5. The highest BCUT2D eigenvalue weighted by molar-refractivity contribution is 6.42. The SMILES string of the molecule is COc1ccc(C=O)cc1Oc1cc(C(=O)O[C@H]2C=COC=C3C=C4C(=O)N(C)C(=O)C(=O)N4[C@@H]32)ccc1OC. The van der Waals surface area contributed by atoms with Gasteiger partial charge in [0.2, 0.25) is 0 Å². The van der Waals surface area contributed by atoms with Gasteiger partial charge in [-0.3, -0.25) is 29.0 Å². The maximum absolute atomic E-state index is 13.3. The summed E-state index contributed by atoms with van der Waals surface area (Å²) in [6, 6.07) is 7.93. The van der Waals surface area contributed by atoms with Gasteiger partial charge in [0.15, 0.2) is 23.0 Å². The second-order valence-corrected chi connectivity index (χ2v) is 8.77. The van der Waals surface area contributed by atoms with E-state index in [0.29, 0.717) is 23.2 Å². The van der Waals surface area contributed by atoms with E-state index in [1.54, 1.807) is 12.1 Å². The number of aldehydes is 1. The van der Waals surface area contributed by atoms with Crippen LogP contribution < -0.4 is 14.2 Å². The largest absolute Gasteiger partial charge is 0.493 e. The molecule has 2 aromatic carbocycles. The molecule has 3 heterocycles. The zero-order chi connectivity index (χ0) is 28.6. The topological polar surface area (TPSA) is 138 Å². The van der Waals surface area contributed by atoms with E-state index in [4.69, 9.17) is 23.7 Å². The Kier molecular flexibility index (Phi) is 6.82. The van der Waals surface area contributed by atoms with Gasteiger partial charge >= 0.3 is 17.8 Å². The first-order valence-electron chi connectivity index (χ1n) is 11.9. The molecule has 0 bridgehead atoms. The van der Waals surface area contributed by atoms with Crippen LogP contribution in [0.2, 0.25) is 0 Å². The molecule has 0 aliphatic carbocycles. The predicted octanol–water partition coefficient (Wildman–Crippen LogP) is 2.36. The van der Waals surface area contributed by atoms with E-state index in [2.05, 4.69) is 0 Å². The van der Waals surface area contributed by atoms with Gasteiger partial charge in [-0.25, -0.2) is 4.79 Å². The van der Waals surface area contributed by atoms with Gasteiger partial charge in [0, 0.05) is 18.2 Å². The second kappa shape index (κ2) is 10.4. The van der Waals surface area contributed by atoms with Crippen molar-refractivity contribution in [3.63, 3.8) is 0 Å². The third-order valence-corrected chi connectivity index (χ3v) is 6.46. The number of hydrogen-bond donors (Lipinski definition) is 0. The van der Waals surface area contributed by atoms with Crippen LogP contribution in [0.15, 0.2) is 72.3 Å². The number of piperazine rings is 1. The van der Waals surface area contributed by atoms with Crippen LogP contribution in [0.1, 0.15) is 20.7 Å². The fourth-order valence-electron chi connectivity index (χ4n) is 4.45. The van der Waals surface area contributed by atoms with Crippen molar-refractivity contribution in [2.75, 3.05) is 21.3 Å². The van der Waals surface area contributed by atoms with Crippen LogP contribution in [0, 0.1) is 0 Å². The molecule has 1 fully saturated rings. The number of rotatable bonds is 7. The quantitative estimate of drug-likeness (QED) is 0.220. The minimum Gasteiger partial charge on any atom is -0.493 e. The molecule has 12 heteroatoms. The fourth-order valence-corrected chi connectivity index (χ4v) is 4.45.